The highest BCUT2D eigenvalue weighted by atomic mass is 16.2. The van der Waals surface area contributed by atoms with Crippen LogP contribution in [0.4, 0.5) is 0 Å². The fraction of sp³-hybridized carbons (Fsp3) is 0.556. The number of hydrogen-bond donors (Lipinski definition) is 5. The van der Waals surface area contributed by atoms with Crippen molar-refractivity contribution in [2.75, 3.05) is 13.1 Å². The van der Waals surface area contributed by atoms with Gasteiger partial charge >= 0.3 is 0 Å². The summed E-state index contributed by atoms with van der Waals surface area (Å²) in [7, 11) is 0. The van der Waals surface area contributed by atoms with E-state index in [9.17, 15) is 9.59 Å². The smallest absolute Gasteiger partial charge is 0.248 e. The average molecular weight is 229 g/mol. The average Bonchev–Trinajstić information content (AvgIpc) is 2.16. The molecule has 16 heavy (non-hydrogen) atoms. The summed E-state index contributed by atoms with van der Waals surface area (Å²) in [5.74, 6) is -2.12. The highest BCUT2D eigenvalue weighted by Crippen LogP contribution is 1.93. The maximum atomic E-state index is 11.3. The highest BCUT2D eigenvalue weighted by Gasteiger charge is 2.24. The van der Waals surface area contributed by atoms with E-state index in [-0.39, 0.29) is 19.5 Å². The third kappa shape index (κ3) is 5.44. The van der Waals surface area contributed by atoms with Crippen LogP contribution in [-0.4, -0.2) is 30.7 Å². The van der Waals surface area contributed by atoms with Crippen LogP contribution in [-0.2, 0) is 9.59 Å². The van der Waals surface area contributed by atoms with Gasteiger partial charge in [0.25, 0.3) is 0 Å². The number of nitrogens with two attached hydrogens (primary N) is 3. The van der Waals surface area contributed by atoms with E-state index in [1.165, 1.54) is 0 Å². The van der Waals surface area contributed by atoms with Crippen LogP contribution < -0.4 is 27.8 Å². The van der Waals surface area contributed by atoms with Gasteiger partial charge < -0.3 is 16.8 Å². The van der Waals surface area contributed by atoms with Gasteiger partial charge in [-0.3, -0.25) is 20.6 Å². The van der Waals surface area contributed by atoms with Crippen molar-refractivity contribution in [1.82, 2.24) is 10.6 Å². The number of carbonyl (C=O) groups excluding carboxylic acids is 2. The molecule has 0 rings (SSSR count). The van der Waals surface area contributed by atoms with E-state index in [0.29, 0.717) is 5.57 Å². The number of amides is 2. The normalized spacial score (nSPS) is 13.9. The van der Waals surface area contributed by atoms with E-state index < -0.39 is 17.6 Å². The second-order valence-electron chi connectivity index (χ2n) is 3.55. The molecule has 1 unspecified atom stereocenters. The molecule has 0 heterocycles. The fourth-order valence-electron chi connectivity index (χ4n) is 0.885. The zero-order chi connectivity index (χ0) is 12.8. The Morgan fingerprint density at radius 1 is 1.44 bits per heavy atom. The molecule has 0 spiro atoms. The zero-order valence-corrected chi connectivity index (χ0v) is 9.38. The summed E-state index contributed by atoms with van der Waals surface area (Å²) in [6, 6.07) is 0. The molecular weight excluding hydrogens is 210 g/mol. The Morgan fingerprint density at radius 2 is 2.00 bits per heavy atom. The topological polar surface area (TPSA) is 136 Å². The zero-order valence-electron chi connectivity index (χ0n) is 9.38. The molecule has 0 aliphatic carbocycles. The number of hydrogen-bond acceptors (Lipinski definition) is 5. The van der Waals surface area contributed by atoms with Crippen LogP contribution in [0.25, 0.3) is 0 Å². The predicted molar refractivity (Wildman–Crippen MR) is 60.7 cm³/mol. The van der Waals surface area contributed by atoms with Crippen LogP contribution in [0.5, 0.6) is 0 Å². The molecule has 0 aromatic heterocycles. The van der Waals surface area contributed by atoms with Crippen molar-refractivity contribution >= 4 is 11.8 Å². The van der Waals surface area contributed by atoms with E-state index in [1.807, 2.05) is 0 Å². The summed E-state index contributed by atoms with van der Waals surface area (Å²) in [6.45, 7) is 5.24. The van der Waals surface area contributed by atoms with Crippen molar-refractivity contribution in [2.45, 2.75) is 19.1 Å². The second kappa shape index (κ2) is 6.21. The Morgan fingerprint density at radius 3 is 2.38 bits per heavy atom. The number of nitrogens with one attached hydrogen (secondary N) is 2. The van der Waals surface area contributed by atoms with Crippen LogP contribution >= 0.6 is 0 Å². The Labute approximate surface area is 94.4 Å². The number of primary amides is 1. The first kappa shape index (κ1) is 14.6. The van der Waals surface area contributed by atoms with Gasteiger partial charge in [-0.1, -0.05) is 6.58 Å². The van der Waals surface area contributed by atoms with Crippen LogP contribution in [0.1, 0.15) is 13.3 Å². The van der Waals surface area contributed by atoms with Crippen LogP contribution in [0, 0.1) is 0 Å². The third-order valence-electron chi connectivity index (χ3n) is 1.86. The second-order valence-corrected chi connectivity index (χ2v) is 3.55. The summed E-state index contributed by atoms with van der Waals surface area (Å²) in [5, 5.41) is 5.21. The molecule has 0 saturated carbocycles. The summed E-state index contributed by atoms with van der Waals surface area (Å²) >= 11 is 0. The highest BCUT2D eigenvalue weighted by molar-refractivity contribution is 5.92. The van der Waals surface area contributed by atoms with E-state index in [4.69, 9.17) is 17.2 Å². The van der Waals surface area contributed by atoms with Crippen LogP contribution in [0.15, 0.2) is 12.2 Å². The maximum Gasteiger partial charge on any atom is 0.248 e. The molecule has 0 saturated heterocycles. The minimum absolute atomic E-state index is 0.0230. The first-order valence-corrected chi connectivity index (χ1v) is 4.81. The van der Waals surface area contributed by atoms with Crippen molar-refractivity contribution in [2.24, 2.45) is 17.2 Å². The quantitative estimate of drug-likeness (QED) is 0.247. The van der Waals surface area contributed by atoms with Gasteiger partial charge in [-0.2, -0.15) is 0 Å². The van der Waals surface area contributed by atoms with Gasteiger partial charge in [0.1, 0.15) is 0 Å². The Balaban J connectivity index is 4.25. The lowest BCUT2D eigenvalue weighted by Gasteiger charge is -2.30. The number of rotatable bonds is 7. The van der Waals surface area contributed by atoms with Crippen molar-refractivity contribution in [3.63, 3.8) is 0 Å². The van der Waals surface area contributed by atoms with E-state index in [1.54, 1.807) is 6.92 Å². The molecule has 0 radical (unpaired) electrons. The van der Waals surface area contributed by atoms with Gasteiger partial charge in [0.05, 0.1) is 0 Å². The van der Waals surface area contributed by atoms with Gasteiger partial charge in [-0.15, -0.1) is 0 Å². The summed E-state index contributed by atoms with van der Waals surface area (Å²) in [5.41, 5.74) is 16.5. The van der Waals surface area contributed by atoms with Gasteiger partial charge in [0.2, 0.25) is 11.8 Å². The predicted octanol–water partition coefficient (Wildman–Crippen LogP) is -2.29. The van der Waals surface area contributed by atoms with Crippen molar-refractivity contribution in [3.05, 3.63) is 12.2 Å². The molecule has 2 amide bonds. The standard InChI is InChI=1S/C9H19N5O2/c1-6(2)8(16)14-9(12,5-10)13-4-3-7(11)15/h13H,1,3-5,10,12H2,2H3,(H2,11,15)(H,14,16). The SMILES string of the molecule is C=C(C)C(=O)NC(N)(CN)NCCC(N)=O. The van der Waals surface area contributed by atoms with Crippen molar-refractivity contribution < 1.29 is 9.59 Å². The molecule has 1 atom stereocenters. The minimum atomic E-state index is -1.26. The first-order valence-electron chi connectivity index (χ1n) is 4.81. The molecule has 8 N–H and O–H groups in total. The summed E-state index contributed by atoms with van der Waals surface area (Å²) in [6.07, 6.45) is 0.113. The van der Waals surface area contributed by atoms with Gasteiger partial charge in [0.15, 0.2) is 5.79 Å². The molecule has 0 fully saturated rings. The van der Waals surface area contributed by atoms with Gasteiger partial charge in [-0.25, -0.2) is 0 Å². The van der Waals surface area contributed by atoms with Gasteiger partial charge in [0, 0.05) is 25.1 Å². The van der Waals surface area contributed by atoms with Gasteiger partial charge in [-0.05, 0) is 6.92 Å². The lowest BCUT2D eigenvalue weighted by molar-refractivity contribution is -0.119. The monoisotopic (exact) mass is 229 g/mol. The molecular formula is C9H19N5O2. The summed E-state index contributed by atoms with van der Waals surface area (Å²) in [4.78, 5) is 21.8. The molecule has 0 aliphatic rings. The molecule has 0 aromatic carbocycles. The van der Waals surface area contributed by atoms with Crippen molar-refractivity contribution in [1.29, 1.82) is 0 Å². The Bertz CT molecular complexity index is 292. The van der Waals surface area contributed by atoms with Crippen LogP contribution in [0.3, 0.4) is 0 Å². The minimum Gasteiger partial charge on any atom is -0.370 e. The molecule has 7 nitrogen and oxygen atoms in total. The first-order chi connectivity index (χ1) is 7.30. The van der Waals surface area contributed by atoms with E-state index >= 15 is 0 Å². The lowest BCUT2D eigenvalue weighted by Crippen LogP contribution is -2.69. The Kier molecular flexibility index (Phi) is 5.65. The molecule has 92 valence electrons. The Hall–Kier alpha value is -1.44. The lowest BCUT2D eigenvalue weighted by atomic mass is 10.2. The van der Waals surface area contributed by atoms with E-state index in [0.717, 1.165) is 0 Å². The van der Waals surface area contributed by atoms with Crippen LogP contribution in [0.2, 0.25) is 0 Å². The third-order valence-corrected chi connectivity index (χ3v) is 1.86. The largest absolute Gasteiger partial charge is 0.370 e. The van der Waals surface area contributed by atoms with E-state index in [2.05, 4.69) is 17.2 Å². The fourth-order valence-corrected chi connectivity index (χ4v) is 0.885. The molecule has 0 bridgehead atoms. The molecule has 7 heteroatoms. The van der Waals surface area contributed by atoms with Crippen molar-refractivity contribution in [3.8, 4) is 0 Å². The summed E-state index contributed by atoms with van der Waals surface area (Å²) < 4.78 is 0. The molecule has 0 aliphatic heterocycles. The molecule has 0 aromatic rings. The maximum absolute atomic E-state index is 11.3. The number of carbonyl (C=O) groups is 2.